The van der Waals surface area contributed by atoms with E-state index in [4.69, 9.17) is 5.11 Å². The highest BCUT2D eigenvalue weighted by Gasteiger charge is 2.29. The highest BCUT2D eigenvalue weighted by Crippen LogP contribution is 2.23. The zero-order valence-electron chi connectivity index (χ0n) is 11.7. The fraction of sp³-hybridized carbons (Fsp3) is 0.846. The van der Waals surface area contributed by atoms with Crippen molar-refractivity contribution < 1.29 is 14.7 Å². The summed E-state index contributed by atoms with van der Waals surface area (Å²) in [6, 6.07) is -0.0294. The van der Waals surface area contributed by atoms with Crippen molar-refractivity contribution in [3.05, 3.63) is 0 Å². The maximum atomic E-state index is 12.3. The maximum Gasteiger partial charge on any atom is 0.323 e. The third-order valence-electron chi connectivity index (χ3n) is 3.52. The van der Waals surface area contributed by atoms with Crippen molar-refractivity contribution in [1.29, 1.82) is 0 Å². The van der Waals surface area contributed by atoms with Crippen LogP contribution in [0.4, 0.5) is 4.79 Å². The monoisotopic (exact) mass is 288 g/mol. The van der Waals surface area contributed by atoms with Crippen LogP contribution in [0.5, 0.6) is 0 Å². The van der Waals surface area contributed by atoms with Crippen LogP contribution in [0.15, 0.2) is 0 Å². The molecule has 1 rings (SSSR count). The Kier molecular flexibility index (Phi) is 7.05. The van der Waals surface area contributed by atoms with Crippen molar-refractivity contribution >= 4 is 23.8 Å². The SMILES string of the molecule is CCC(CSC)NC(=O)N(CC(=O)O)C1CCCC1. The minimum Gasteiger partial charge on any atom is -0.480 e. The molecule has 0 radical (unpaired) electrons. The number of nitrogens with one attached hydrogen (secondary N) is 1. The van der Waals surface area contributed by atoms with Crippen molar-refractivity contribution in [2.24, 2.45) is 0 Å². The Hall–Kier alpha value is -0.910. The Balaban J connectivity index is 2.61. The first-order chi connectivity index (χ1) is 9.08. The molecule has 0 aromatic carbocycles. The molecule has 1 unspecified atom stereocenters. The lowest BCUT2D eigenvalue weighted by molar-refractivity contribution is -0.138. The largest absolute Gasteiger partial charge is 0.480 e. The first-order valence-electron chi connectivity index (χ1n) is 6.86. The van der Waals surface area contributed by atoms with Crippen LogP contribution in [0.3, 0.4) is 0 Å². The number of amides is 2. The van der Waals surface area contributed by atoms with E-state index in [2.05, 4.69) is 5.32 Å². The van der Waals surface area contributed by atoms with Crippen LogP contribution >= 0.6 is 11.8 Å². The lowest BCUT2D eigenvalue weighted by Crippen LogP contribution is -2.50. The standard InChI is InChI=1S/C13H24N2O3S/c1-3-10(9-19-2)14-13(18)15(8-12(16)17)11-6-4-5-7-11/h10-11H,3-9H2,1-2H3,(H,14,18)(H,16,17). The molecule has 1 aliphatic carbocycles. The fourth-order valence-corrected chi connectivity index (χ4v) is 3.17. The summed E-state index contributed by atoms with van der Waals surface area (Å²) in [5, 5.41) is 11.9. The average Bonchev–Trinajstić information content (AvgIpc) is 2.88. The Morgan fingerprint density at radius 3 is 2.53 bits per heavy atom. The number of hydrogen-bond donors (Lipinski definition) is 2. The Morgan fingerprint density at radius 1 is 1.42 bits per heavy atom. The van der Waals surface area contributed by atoms with Gasteiger partial charge in [-0.25, -0.2) is 4.79 Å². The van der Waals surface area contributed by atoms with E-state index in [1.165, 1.54) is 4.90 Å². The summed E-state index contributed by atoms with van der Waals surface area (Å²) in [6.07, 6.45) is 6.85. The van der Waals surface area contributed by atoms with Gasteiger partial charge in [0, 0.05) is 17.8 Å². The topological polar surface area (TPSA) is 69.6 Å². The number of thioether (sulfide) groups is 1. The van der Waals surface area contributed by atoms with Gasteiger partial charge in [-0.1, -0.05) is 19.8 Å². The van der Waals surface area contributed by atoms with Crippen LogP contribution in [-0.4, -0.2) is 52.6 Å². The number of rotatable bonds is 7. The van der Waals surface area contributed by atoms with Gasteiger partial charge in [0.05, 0.1) is 0 Å². The predicted octanol–water partition coefficient (Wildman–Crippen LogP) is 2.17. The van der Waals surface area contributed by atoms with Gasteiger partial charge >= 0.3 is 12.0 Å². The van der Waals surface area contributed by atoms with Crippen molar-refractivity contribution in [3.8, 4) is 0 Å². The molecule has 0 heterocycles. The molecule has 110 valence electrons. The molecule has 5 nitrogen and oxygen atoms in total. The Morgan fingerprint density at radius 2 is 2.05 bits per heavy atom. The van der Waals surface area contributed by atoms with Crippen molar-refractivity contribution in [1.82, 2.24) is 10.2 Å². The number of carbonyl (C=O) groups excluding carboxylic acids is 1. The van der Waals surface area contributed by atoms with Crippen LogP contribution in [0.25, 0.3) is 0 Å². The zero-order chi connectivity index (χ0) is 14.3. The van der Waals surface area contributed by atoms with Gasteiger partial charge in [-0.2, -0.15) is 11.8 Å². The van der Waals surface area contributed by atoms with Crippen LogP contribution in [0.1, 0.15) is 39.0 Å². The van der Waals surface area contributed by atoms with E-state index >= 15 is 0 Å². The molecule has 0 aromatic rings. The molecule has 0 aromatic heterocycles. The fourth-order valence-electron chi connectivity index (χ4n) is 2.45. The number of nitrogens with zero attached hydrogens (tertiary/aromatic N) is 1. The minimum absolute atomic E-state index is 0.0860. The minimum atomic E-state index is -0.944. The molecule has 2 amide bonds. The molecular weight excluding hydrogens is 264 g/mol. The van der Waals surface area contributed by atoms with E-state index < -0.39 is 5.97 Å². The third-order valence-corrected chi connectivity index (χ3v) is 4.26. The first kappa shape index (κ1) is 16.1. The van der Waals surface area contributed by atoms with Crippen LogP contribution < -0.4 is 5.32 Å². The van der Waals surface area contributed by atoms with E-state index in [1.54, 1.807) is 11.8 Å². The van der Waals surface area contributed by atoms with Crippen molar-refractivity contribution in [3.63, 3.8) is 0 Å². The van der Waals surface area contributed by atoms with Gasteiger partial charge in [-0.15, -0.1) is 0 Å². The number of carbonyl (C=O) groups is 2. The molecule has 1 atom stereocenters. The summed E-state index contributed by atoms with van der Waals surface area (Å²) in [6.45, 7) is 1.82. The van der Waals surface area contributed by atoms with Gasteiger partial charge in [0.2, 0.25) is 0 Å². The first-order valence-corrected chi connectivity index (χ1v) is 8.25. The van der Waals surface area contributed by atoms with Crippen LogP contribution in [0, 0.1) is 0 Å². The van der Waals surface area contributed by atoms with Gasteiger partial charge in [0.1, 0.15) is 6.54 Å². The van der Waals surface area contributed by atoms with Crippen LogP contribution in [-0.2, 0) is 4.79 Å². The van der Waals surface area contributed by atoms with E-state index in [0.717, 1.165) is 37.9 Å². The number of aliphatic carboxylic acids is 1. The smallest absolute Gasteiger partial charge is 0.323 e. The molecule has 1 fully saturated rings. The predicted molar refractivity (Wildman–Crippen MR) is 77.6 cm³/mol. The summed E-state index contributed by atoms with van der Waals surface area (Å²) in [7, 11) is 0. The van der Waals surface area contributed by atoms with Crippen molar-refractivity contribution in [2.45, 2.75) is 51.1 Å². The number of hydrogen-bond acceptors (Lipinski definition) is 3. The Bertz CT molecular complexity index is 306. The average molecular weight is 288 g/mol. The van der Waals surface area contributed by atoms with Gasteiger partial charge in [0.15, 0.2) is 0 Å². The second-order valence-corrected chi connectivity index (χ2v) is 5.88. The summed E-state index contributed by atoms with van der Waals surface area (Å²) in [4.78, 5) is 24.7. The molecule has 19 heavy (non-hydrogen) atoms. The van der Waals surface area contributed by atoms with Gasteiger partial charge in [-0.05, 0) is 25.5 Å². The molecule has 2 N–H and O–H groups in total. The second kappa shape index (κ2) is 8.30. The lowest BCUT2D eigenvalue weighted by atomic mass is 10.2. The van der Waals surface area contributed by atoms with Crippen LogP contribution in [0.2, 0.25) is 0 Å². The molecule has 1 saturated carbocycles. The van der Waals surface area contributed by atoms with Gasteiger partial charge in [0.25, 0.3) is 0 Å². The summed E-state index contributed by atoms with van der Waals surface area (Å²) >= 11 is 1.68. The lowest BCUT2D eigenvalue weighted by Gasteiger charge is -2.29. The highest BCUT2D eigenvalue weighted by atomic mass is 32.2. The molecule has 0 saturated heterocycles. The van der Waals surface area contributed by atoms with E-state index in [0.29, 0.717) is 0 Å². The van der Waals surface area contributed by atoms with E-state index in [9.17, 15) is 9.59 Å². The quantitative estimate of drug-likeness (QED) is 0.753. The van der Waals surface area contributed by atoms with E-state index in [-0.39, 0.29) is 24.7 Å². The van der Waals surface area contributed by atoms with Gasteiger partial charge in [-0.3, -0.25) is 4.79 Å². The number of urea groups is 1. The van der Waals surface area contributed by atoms with Crippen molar-refractivity contribution in [2.75, 3.05) is 18.6 Å². The maximum absolute atomic E-state index is 12.3. The number of carboxylic acids is 1. The zero-order valence-corrected chi connectivity index (χ0v) is 12.5. The number of carboxylic acid groups (broad SMARTS) is 1. The molecule has 0 aliphatic heterocycles. The molecule has 1 aliphatic rings. The normalized spacial score (nSPS) is 17.2. The molecule has 0 spiro atoms. The highest BCUT2D eigenvalue weighted by molar-refractivity contribution is 7.98. The summed E-state index contributed by atoms with van der Waals surface area (Å²) < 4.78 is 0. The summed E-state index contributed by atoms with van der Waals surface area (Å²) in [5.41, 5.74) is 0. The van der Waals surface area contributed by atoms with E-state index in [1.807, 2.05) is 13.2 Å². The molecule has 6 heteroatoms. The second-order valence-electron chi connectivity index (χ2n) is 4.97. The molecule has 0 bridgehead atoms. The molecular formula is C13H24N2O3S. The third kappa shape index (κ3) is 5.30. The summed E-state index contributed by atoms with van der Waals surface area (Å²) in [5.74, 6) is -0.0895. The van der Waals surface area contributed by atoms with Gasteiger partial charge < -0.3 is 15.3 Å². The Labute approximate surface area is 119 Å².